The van der Waals surface area contributed by atoms with Crippen LogP contribution in [-0.4, -0.2) is 9.97 Å². The van der Waals surface area contributed by atoms with Gasteiger partial charge in [-0.3, -0.25) is 4.79 Å². The molecule has 0 atom stereocenters. The highest BCUT2D eigenvalue weighted by molar-refractivity contribution is 9.10. The Balaban J connectivity index is 3.35. The topological polar surface area (TPSA) is 58.9 Å². The van der Waals surface area contributed by atoms with Crippen LogP contribution in [0.5, 0.6) is 0 Å². The Kier molecular flexibility index (Phi) is 2.41. The van der Waals surface area contributed by atoms with Crippen LogP contribution >= 0.6 is 28.1 Å². The highest BCUT2D eigenvalue weighted by Crippen LogP contribution is 2.05. The number of hydrogen-bond donors (Lipinski definition) is 2. The summed E-state index contributed by atoms with van der Waals surface area (Å²) in [6.07, 6.45) is 1.53. The number of nitrogens with one attached hydrogen (secondary N) is 1. The van der Waals surface area contributed by atoms with Crippen molar-refractivity contribution in [1.29, 1.82) is 0 Å². The van der Waals surface area contributed by atoms with Crippen molar-refractivity contribution in [2.45, 2.75) is 0 Å². The molecule has 5 heteroatoms. The van der Waals surface area contributed by atoms with Gasteiger partial charge < -0.3 is 10.7 Å². The Labute approximate surface area is 76.7 Å². The summed E-state index contributed by atoms with van der Waals surface area (Å²) in [5, 5.41) is 0. The Hall–Kier alpha value is -0.680. The second-order valence-corrected chi connectivity index (χ2v) is 3.28. The normalized spacial score (nSPS) is 9.55. The van der Waals surface area contributed by atoms with E-state index in [1.807, 2.05) is 0 Å². The SMILES string of the molecule is NC(=S)c1cc(Br)c[nH]c1=O. The second kappa shape index (κ2) is 3.15. The first-order chi connectivity index (χ1) is 5.11. The van der Waals surface area contributed by atoms with E-state index in [1.54, 1.807) is 6.07 Å². The van der Waals surface area contributed by atoms with Crippen molar-refractivity contribution < 1.29 is 0 Å². The molecule has 0 spiro atoms. The zero-order valence-corrected chi connectivity index (χ0v) is 7.83. The third kappa shape index (κ3) is 1.87. The van der Waals surface area contributed by atoms with Gasteiger partial charge in [0.15, 0.2) is 0 Å². The Morgan fingerprint density at radius 3 is 2.82 bits per heavy atom. The molecule has 3 N–H and O–H groups in total. The van der Waals surface area contributed by atoms with Gasteiger partial charge >= 0.3 is 0 Å². The fourth-order valence-corrected chi connectivity index (χ4v) is 1.14. The van der Waals surface area contributed by atoms with Crippen LogP contribution in [0.2, 0.25) is 0 Å². The maximum absolute atomic E-state index is 11.0. The van der Waals surface area contributed by atoms with Gasteiger partial charge in [0, 0.05) is 10.7 Å². The van der Waals surface area contributed by atoms with Crippen LogP contribution in [0, 0.1) is 0 Å². The lowest BCUT2D eigenvalue weighted by Gasteiger charge is -1.95. The fourth-order valence-electron chi connectivity index (χ4n) is 0.640. The second-order valence-electron chi connectivity index (χ2n) is 1.92. The van der Waals surface area contributed by atoms with Crippen LogP contribution in [0.3, 0.4) is 0 Å². The van der Waals surface area contributed by atoms with Crippen molar-refractivity contribution in [3.8, 4) is 0 Å². The average molecular weight is 233 g/mol. The minimum Gasteiger partial charge on any atom is -0.389 e. The molecule has 1 aromatic rings. The zero-order valence-electron chi connectivity index (χ0n) is 5.43. The summed E-state index contributed by atoms with van der Waals surface area (Å²) in [6.45, 7) is 0. The molecule has 0 aliphatic carbocycles. The quantitative estimate of drug-likeness (QED) is 0.704. The van der Waals surface area contributed by atoms with Crippen molar-refractivity contribution in [1.82, 2.24) is 4.98 Å². The Bertz CT molecular complexity index is 347. The molecular weight excluding hydrogens is 228 g/mol. The summed E-state index contributed by atoms with van der Waals surface area (Å²) in [6, 6.07) is 1.58. The first-order valence-corrected chi connectivity index (χ1v) is 3.99. The van der Waals surface area contributed by atoms with Crippen LogP contribution < -0.4 is 11.3 Å². The lowest BCUT2D eigenvalue weighted by atomic mass is 10.3. The molecule has 0 aromatic carbocycles. The molecule has 0 saturated heterocycles. The van der Waals surface area contributed by atoms with Crippen molar-refractivity contribution in [3.63, 3.8) is 0 Å². The van der Waals surface area contributed by atoms with Gasteiger partial charge in [-0.05, 0) is 22.0 Å². The summed E-state index contributed by atoms with van der Waals surface area (Å²) in [7, 11) is 0. The number of hydrogen-bond acceptors (Lipinski definition) is 2. The molecule has 11 heavy (non-hydrogen) atoms. The molecule has 1 aromatic heterocycles. The molecule has 0 saturated carbocycles. The molecular formula is C6H5BrN2OS. The van der Waals surface area contributed by atoms with Crippen LogP contribution in [0.15, 0.2) is 21.5 Å². The largest absolute Gasteiger partial charge is 0.389 e. The van der Waals surface area contributed by atoms with Gasteiger partial charge in [-0.1, -0.05) is 12.2 Å². The molecule has 0 aliphatic rings. The van der Waals surface area contributed by atoms with Crippen LogP contribution in [-0.2, 0) is 0 Å². The molecule has 0 aliphatic heterocycles. The van der Waals surface area contributed by atoms with E-state index in [1.165, 1.54) is 6.20 Å². The van der Waals surface area contributed by atoms with Crippen LogP contribution in [0.25, 0.3) is 0 Å². The molecule has 58 valence electrons. The van der Waals surface area contributed by atoms with E-state index in [0.29, 0.717) is 5.56 Å². The van der Waals surface area contributed by atoms with Gasteiger partial charge in [-0.15, -0.1) is 0 Å². The first-order valence-electron chi connectivity index (χ1n) is 2.79. The maximum Gasteiger partial charge on any atom is 0.258 e. The van der Waals surface area contributed by atoms with E-state index in [-0.39, 0.29) is 10.5 Å². The highest BCUT2D eigenvalue weighted by atomic mass is 79.9. The fraction of sp³-hybridized carbons (Fsp3) is 0. The zero-order chi connectivity index (χ0) is 8.43. The molecule has 0 amide bonds. The van der Waals surface area contributed by atoms with Gasteiger partial charge in [0.25, 0.3) is 5.56 Å². The Morgan fingerprint density at radius 2 is 2.36 bits per heavy atom. The van der Waals surface area contributed by atoms with E-state index < -0.39 is 0 Å². The highest BCUT2D eigenvalue weighted by Gasteiger charge is 2.01. The van der Waals surface area contributed by atoms with Crippen LogP contribution in [0.1, 0.15) is 5.56 Å². The molecule has 0 fully saturated rings. The van der Waals surface area contributed by atoms with Crippen molar-refractivity contribution in [3.05, 3.63) is 32.7 Å². The summed E-state index contributed by atoms with van der Waals surface area (Å²) in [4.78, 5) is 13.6. The number of nitrogens with two attached hydrogens (primary N) is 1. The molecule has 0 bridgehead atoms. The maximum atomic E-state index is 11.0. The predicted molar refractivity (Wildman–Crippen MR) is 50.7 cm³/mol. The van der Waals surface area contributed by atoms with E-state index in [9.17, 15) is 4.79 Å². The average Bonchev–Trinajstić information content (AvgIpc) is 1.94. The minimum atomic E-state index is -0.263. The molecule has 0 radical (unpaired) electrons. The van der Waals surface area contributed by atoms with Crippen molar-refractivity contribution in [2.75, 3.05) is 0 Å². The number of aromatic amines is 1. The minimum absolute atomic E-state index is 0.104. The summed E-state index contributed by atoms with van der Waals surface area (Å²) >= 11 is 7.83. The number of H-pyrrole nitrogens is 1. The number of halogens is 1. The number of rotatable bonds is 1. The summed E-state index contributed by atoms with van der Waals surface area (Å²) in [5.74, 6) is 0. The van der Waals surface area contributed by atoms with E-state index in [4.69, 9.17) is 5.73 Å². The monoisotopic (exact) mass is 232 g/mol. The van der Waals surface area contributed by atoms with Crippen molar-refractivity contribution >= 4 is 33.1 Å². The lowest BCUT2D eigenvalue weighted by molar-refractivity contribution is 1.21. The summed E-state index contributed by atoms with van der Waals surface area (Å²) < 4.78 is 0.750. The van der Waals surface area contributed by atoms with E-state index in [2.05, 4.69) is 33.1 Å². The van der Waals surface area contributed by atoms with Gasteiger partial charge in [-0.25, -0.2) is 0 Å². The number of thiocarbonyl (C=S) groups is 1. The van der Waals surface area contributed by atoms with E-state index >= 15 is 0 Å². The smallest absolute Gasteiger partial charge is 0.258 e. The Morgan fingerprint density at radius 1 is 1.73 bits per heavy atom. The molecule has 1 heterocycles. The van der Waals surface area contributed by atoms with Gasteiger partial charge in [0.2, 0.25) is 0 Å². The van der Waals surface area contributed by atoms with Gasteiger partial charge in [0.05, 0.1) is 5.56 Å². The number of pyridine rings is 1. The predicted octanol–water partition coefficient (Wildman–Crippen LogP) is 0.772. The standard InChI is InChI=1S/C6H5BrN2OS/c7-3-1-4(5(8)11)6(10)9-2-3/h1-2H,(H2,8,11)(H,9,10). The van der Waals surface area contributed by atoms with Crippen molar-refractivity contribution in [2.24, 2.45) is 5.73 Å². The third-order valence-electron chi connectivity index (χ3n) is 1.13. The third-order valence-corrected chi connectivity index (χ3v) is 1.81. The number of aromatic nitrogens is 1. The molecule has 0 unspecified atom stereocenters. The molecule has 3 nitrogen and oxygen atoms in total. The van der Waals surface area contributed by atoms with E-state index in [0.717, 1.165) is 4.47 Å². The summed E-state index contributed by atoms with van der Waals surface area (Å²) in [5.41, 5.74) is 5.34. The first kappa shape index (κ1) is 8.42. The lowest BCUT2D eigenvalue weighted by Crippen LogP contribution is -2.21. The van der Waals surface area contributed by atoms with Gasteiger partial charge in [0.1, 0.15) is 4.99 Å². The molecule has 1 rings (SSSR count). The van der Waals surface area contributed by atoms with Crippen LogP contribution in [0.4, 0.5) is 0 Å². The van der Waals surface area contributed by atoms with Gasteiger partial charge in [-0.2, -0.15) is 0 Å².